The van der Waals surface area contributed by atoms with Gasteiger partial charge in [-0.25, -0.2) is 8.42 Å². The zero-order valence-electron chi connectivity index (χ0n) is 13.6. The minimum Gasteiger partial charge on any atom is -0.295 e. The Bertz CT molecular complexity index is 816. The van der Waals surface area contributed by atoms with Gasteiger partial charge in [0.25, 0.3) is 0 Å². The minimum absolute atomic E-state index is 0.0766. The molecule has 2 aromatic rings. The zero-order chi connectivity index (χ0) is 17.2. The van der Waals surface area contributed by atoms with Crippen LogP contribution in [0.5, 0.6) is 0 Å². The summed E-state index contributed by atoms with van der Waals surface area (Å²) in [4.78, 5) is 12.9. The molecule has 0 N–H and O–H groups in total. The molecule has 0 unspecified atom stereocenters. The van der Waals surface area contributed by atoms with Gasteiger partial charge in [0.2, 0.25) is 9.84 Å². The summed E-state index contributed by atoms with van der Waals surface area (Å²) in [6.07, 6.45) is 5.07. The lowest BCUT2D eigenvalue weighted by molar-refractivity contribution is 0.101. The van der Waals surface area contributed by atoms with Crippen molar-refractivity contribution in [3.63, 3.8) is 0 Å². The fourth-order valence-corrected chi connectivity index (χ4v) is 5.41. The molecule has 0 heterocycles. The van der Waals surface area contributed by atoms with E-state index >= 15 is 0 Å². The molecule has 1 fully saturated rings. The Hall–Kier alpha value is -1.59. The zero-order valence-corrected chi connectivity index (χ0v) is 15.2. The number of sulfone groups is 1. The van der Waals surface area contributed by atoms with Gasteiger partial charge in [0.15, 0.2) is 5.78 Å². The molecule has 2 aromatic carbocycles. The van der Waals surface area contributed by atoms with Gasteiger partial charge >= 0.3 is 0 Å². The summed E-state index contributed by atoms with van der Waals surface area (Å²) < 4.78 is 25.4. The number of Topliss-reactive ketones (excluding diaryl/α,β-unsaturated/α-hetero) is 1. The fraction of sp³-hybridized carbons (Fsp3) is 0.316. The molecule has 1 aliphatic carbocycles. The van der Waals surface area contributed by atoms with Crippen LogP contribution >= 0.6 is 11.8 Å². The Kier molecular flexibility index (Phi) is 5.11. The van der Waals surface area contributed by atoms with Crippen molar-refractivity contribution in [1.29, 1.82) is 0 Å². The highest BCUT2D eigenvalue weighted by atomic mass is 32.2. The van der Waals surface area contributed by atoms with E-state index in [0.29, 0.717) is 10.8 Å². The molecule has 1 saturated carbocycles. The fourth-order valence-electron chi connectivity index (χ4n) is 2.90. The molecule has 3 nitrogen and oxygen atoms in total. The summed E-state index contributed by atoms with van der Waals surface area (Å²) in [6, 6.07) is 13.2. The third-order valence-corrected chi connectivity index (χ3v) is 7.44. The van der Waals surface area contributed by atoms with Crippen molar-refractivity contribution in [2.45, 2.75) is 52.5 Å². The van der Waals surface area contributed by atoms with Crippen LogP contribution in [-0.4, -0.2) is 19.5 Å². The predicted molar refractivity (Wildman–Crippen MR) is 96.5 cm³/mol. The van der Waals surface area contributed by atoms with E-state index in [0.717, 1.165) is 4.90 Å². The molecule has 0 bridgehead atoms. The van der Waals surface area contributed by atoms with Crippen molar-refractivity contribution in [2.75, 3.05) is 0 Å². The summed E-state index contributed by atoms with van der Waals surface area (Å²) >= 11 is 1.84. The van der Waals surface area contributed by atoms with Crippen LogP contribution in [-0.2, 0) is 9.84 Å². The maximum atomic E-state index is 12.7. The van der Waals surface area contributed by atoms with E-state index in [2.05, 4.69) is 0 Å². The molecule has 0 amide bonds. The van der Waals surface area contributed by atoms with E-state index in [-0.39, 0.29) is 15.6 Å². The van der Waals surface area contributed by atoms with Gasteiger partial charge in [0.05, 0.1) is 9.79 Å². The Labute approximate surface area is 147 Å². The first kappa shape index (κ1) is 17.2. The summed E-state index contributed by atoms with van der Waals surface area (Å²) in [7, 11) is -3.55. The van der Waals surface area contributed by atoms with Gasteiger partial charge in [-0.3, -0.25) is 4.79 Å². The van der Waals surface area contributed by atoms with Gasteiger partial charge in [-0.2, -0.15) is 0 Å². The van der Waals surface area contributed by atoms with E-state index in [9.17, 15) is 13.2 Å². The van der Waals surface area contributed by atoms with Crippen LogP contribution in [0.4, 0.5) is 0 Å². The number of ketones is 1. The van der Waals surface area contributed by atoms with Gasteiger partial charge in [-0.1, -0.05) is 25.0 Å². The van der Waals surface area contributed by atoms with E-state index in [4.69, 9.17) is 0 Å². The maximum Gasteiger partial charge on any atom is 0.206 e. The molecule has 0 saturated heterocycles. The topological polar surface area (TPSA) is 51.2 Å². The average Bonchev–Trinajstić information content (AvgIpc) is 3.08. The summed E-state index contributed by atoms with van der Waals surface area (Å²) in [6.45, 7) is 1.46. The molecule has 24 heavy (non-hydrogen) atoms. The Morgan fingerprint density at radius 3 is 1.92 bits per heavy atom. The molecular formula is C19H20O3S2. The van der Waals surface area contributed by atoms with Crippen molar-refractivity contribution in [3.8, 4) is 0 Å². The first-order chi connectivity index (χ1) is 11.5. The average molecular weight is 361 g/mol. The van der Waals surface area contributed by atoms with Gasteiger partial charge in [-0.05, 0) is 56.2 Å². The van der Waals surface area contributed by atoms with E-state index in [1.807, 2.05) is 23.9 Å². The molecular weight excluding hydrogens is 340 g/mol. The largest absolute Gasteiger partial charge is 0.295 e. The SMILES string of the molecule is CC(=O)c1ccc(S(=O)(=O)c2ccc(SC3CCCC3)cc2)cc1. The van der Waals surface area contributed by atoms with Gasteiger partial charge in [0, 0.05) is 15.7 Å². The highest BCUT2D eigenvalue weighted by Gasteiger charge is 2.19. The van der Waals surface area contributed by atoms with Gasteiger partial charge < -0.3 is 0 Å². The molecule has 5 heteroatoms. The standard InChI is InChI=1S/C19H20O3S2/c1-14(20)15-6-10-18(11-7-15)24(21,22)19-12-8-17(9-13-19)23-16-4-2-3-5-16/h6-13,16H,2-5H2,1H3. The van der Waals surface area contributed by atoms with E-state index in [1.165, 1.54) is 44.7 Å². The third kappa shape index (κ3) is 3.73. The molecule has 126 valence electrons. The van der Waals surface area contributed by atoms with Crippen LogP contribution < -0.4 is 0 Å². The first-order valence-corrected chi connectivity index (χ1v) is 10.5. The molecule has 0 atom stereocenters. The Morgan fingerprint density at radius 1 is 0.917 bits per heavy atom. The first-order valence-electron chi connectivity index (χ1n) is 8.09. The number of carbonyl (C=O) groups is 1. The number of benzene rings is 2. The second-order valence-electron chi connectivity index (χ2n) is 6.08. The highest BCUT2D eigenvalue weighted by molar-refractivity contribution is 8.00. The highest BCUT2D eigenvalue weighted by Crippen LogP contribution is 2.35. The van der Waals surface area contributed by atoms with Crippen LogP contribution in [0.15, 0.2) is 63.2 Å². The quantitative estimate of drug-likeness (QED) is 0.722. The van der Waals surface area contributed by atoms with Crippen LogP contribution in [0, 0.1) is 0 Å². The molecule has 0 spiro atoms. The van der Waals surface area contributed by atoms with Crippen molar-refractivity contribution in [1.82, 2.24) is 0 Å². The molecule has 0 aromatic heterocycles. The van der Waals surface area contributed by atoms with E-state index < -0.39 is 9.84 Å². The van der Waals surface area contributed by atoms with E-state index in [1.54, 1.807) is 24.3 Å². The number of hydrogen-bond donors (Lipinski definition) is 0. The Balaban J connectivity index is 1.80. The third-order valence-electron chi connectivity index (χ3n) is 4.31. The van der Waals surface area contributed by atoms with Gasteiger partial charge in [-0.15, -0.1) is 11.8 Å². The molecule has 0 aliphatic heterocycles. The van der Waals surface area contributed by atoms with Gasteiger partial charge in [0.1, 0.15) is 0 Å². The normalized spacial score (nSPS) is 15.5. The molecule has 0 radical (unpaired) electrons. The van der Waals surface area contributed by atoms with Crippen LogP contribution in [0.2, 0.25) is 0 Å². The number of carbonyl (C=O) groups excluding carboxylic acids is 1. The van der Waals surface area contributed by atoms with Crippen LogP contribution in [0.25, 0.3) is 0 Å². The van der Waals surface area contributed by atoms with Crippen LogP contribution in [0.3, 0.4) is 0 Å². The number of hydrogen-bond acceptors (Lipinski definition) is 4. The summed E-state index contributed by atoms with van der Waals surface area (Å²) in [5.74, 6) is -0.0766. The number of rotatable bonds is 5. The summed E-state index contributed by atoms with van der Waals surface area (Å²) in [5, 5.41) is 0.659. The summed E-state index contributed by atoms with van der Waals surface area (Å²) in [5.41, 5.74) is 0.511. The van der Waals surface area contributed by atoms with Crippen molar-refractivity contribution in [3.05, 3.63) is 54.1 Å². The minimum atomic E-state index is -3.55. The second kappa shape index (κ2) is 7.11. The van der Waals surface area contributed by atoms with Crippen molar-refractivity contribution in [2.24, 2.45) is 0 Å². The number of thioether (sulfide) groups is 1. The van der Waals surface area contributed by atoms with Crippen LogP contribution in [0.1, 0.15) is 43.0 Å². The molecule has 1 aliphatic rings. The molecule has 3 rings (SSSR count). The Morgan fingerprint density at radius 2 is 1.42 bits per heavy atom. The maximum absolute atomic E-state index is 12.7. The lowest BCUT2D eigenvalue weighted by atomic mass is 10.2. The van der Waals surface area contributed by atoms with Crippen molar-refractivity contribution < 1.29 is 13.2 Å². The smallest absolute Gasteiger partial charge is 0.206 e. The van der Waals surface area contributed by atoms with Crippen molar-refractivity contribution >= 4 is 27.4 Å². The lowest BCUT2D eigenvalue weighted by Gasteiger charge is -2.10. The lowest BCUT2D eigenvalue weighted by Crippen LogP contribution is -2.03. The monoisotopic (exact) mass is 360 g/mol. The second-order valence-corrected chi connectivity index (χ2v) is 9.40. The predicted octanol–water partition coefficient (Wildman–Crippen LogP) is 4.76.